The van der Waals surface area contributed by atoms with Gasteiger partial charge in [-0.15, -0.1) is 0 Å². The summed E-state index contributed by atoms with van der Waals surface area (Å²) in [5, 5.41) is 5.18. The Kier molecular flexibility index (Phi) is 3.09. The van der Waals surface area contributed by atoms with Crippen molar-refractivity contribution >= 4 is 32.6 Å². The van der Waals surface area contributed by atoms with Gasteiger partial charge in [-0.1, -0.05) is 42.5 Å². The Morgan fingerprint density at radius 3 is 2.27 bits per heavy atom. The number of aromatic nitrogens is 2. The van der Waals surface area contributed by atoms with Crippen LogP contribution in [0.2, 0.25) is 0 Å². The van der Waals surface area contributed by atoms with E-state index in [4.69, 9.17) is 0 Å². The van der Waals surface area contributed by atoms with Crippen LogP contribution in [0.4, 0.5) is 0 Å². The third kappa shape index (κ3) is 2.23. The summed E-state index contributed by atoms with van der Waals surface area (Å²) in [5.74, 6) is 0. The third-order valence-corrected chi connectivity index (χ3v) is 3.72. The maximum Gasteiger partial charge on any atom is 0.180 e. The summed E-state index contributed by atoms with van der Waals surface area (Å²) < 4.78 is 4.47. The van der Waals surface area contributed by atoms with Gasteiger partial charge in [0, 0.05) is 21.8 Å². The first-order valence-corrected chi connectivity index (χ1v) is 7.13. The van der Waals surface area contributed by atoms with Crippen LogP contribution in [0, 0.1) is 0 Å². The van der Waals surface area contributed by atoms with Crippen LogP contribution in [0.15, 0.2) is 83.9 Å². The van der Waals surface area contributed by atoms with Gasteiger partial charge in [-0.25, -0.2) is 4.98 Å². The van der Waals surface area contributed by atoms with Gasteiger partial charge in [-0.05, 0) is 29.0 Å². The fourth-order valence-corrected chi connectivity index (χ4v) is 2.71. The van der Waals surface area contributed by atoms with Crippen molar-refractivity contribution in [3.63, 3.8) is 0 Å². The Labute approximate surface area is 127 Å². The molecule has 0 aliphatic carbocycles. The highest BCUT2D eigenvalue weighted by Crippen LogP contribution is 2.29. The van der Waals surface area contributed by atoms with Gasteiger partial charge in [-0.3, -0.25) is 0 Å². The molecule has 0 spiro atoms. The van der Waals surface area contributed by atoms with E-state index in [-0.39, 0.29) is 0 Å². The zero-order chi connectivity index (χ0) is 14.8. The molecule has 0 radical (unpaired) electrons. The number of rotatable bonds is 0. The molecule has 5 aromatic rings. The maximum absolute atomic E-state index is 4.47. The summed E-state index contributed by atoms with van der Waals surface area (Å²) in [6.07, 6.45) is 4.47. The van der Waals surface area contributed by atoms with E-state index in [1.54, 1.807) is 6.20 Å². The molecule has 5 rings (SSSR count). The van der Waals surface area contributed by atoms with E-state index in [2.05, 4.69) is 75.0 Å². The van der Waals surface area contributed by atoms with E-state index in [1.165, 1.54) is 45.2 Å². The van der Waals surface area contributed by atoms with Crippen molar-refractivity contribution in [1.29, 1.82) is 0 Å². The molecule has 22 heavy (non-hydrogen) atoms. The molecule has 0 fully saturated rings. The average Bonchev–Trinajstić information content (AvgIpc) is 3.24. The van der Waals surface area contributed by atoms with E-state index in [0.717, 1.165) is 0 Å². The van der Waals surface area contributed by atoms with Gasteiger partial charge in [0.15, 0.2) is 6.39 Å². The largest absolute Gasteiger partial charge is 0.452 e. The quantitative estimate of drug-likeness (QED) is 0.428. The van der Waals surface area contributed by atoms with E-state index in [9.17, 15) is 0 Å². The number of nitrogens with zero attached hydrogens (tertiary/aromatic N) is 1. The molecular formula is C19H14N2O. The lowest BCUT2D eigenvalue weighted by Crippen LogP contribution is -1.72. The molecule has 0 amide bonds. The van der Waals surface area contributed by atoms with E-state index in [1.807, 2.05) is 0 Å². The summed E-state index contributed by atoms with van der Waals surface area (Å²) in [5.41, 5.74) is 2.42. The highest BCUT2D eigenvalue weighted by molar-refractivity contribution is 6.11. The summed E-state index contributed by atoms with van der Waals surface area (Å²) in [6.45, 7) is 0. The van der Waals surface area contributed by atoms with Crippen LogP contribution in [-0.2, 0) is 0 Å². The highest BCUT2D eigenvalue weighted by atomic mass is 16.3. The second-order valence-electron chi connectivity index (χ2n) is 5.09. The van der Waals surface area contributed by atoms with Gasteiger partial charge in [0.05, 0.1) is 6.20 Å². The van der Waals surface area contributed by atoms with Gasteiger partial charge in [0.1, 0.15) is 6.26 Å². The summed E-state index contributed by atoms with van der Waals surface area (Å²) in [4.78, 5) is 7.03. The highest BCUT2D eigenvalue weighted by Gasteiger charge is 2.04. The molecule has 0 saturated heterocycles. The predicted molar refractivity (Wildman–Crippen MR) is 89.8 cm³/mol. The maximum atomic E-state index is 4.47. The first-order valence-electron chi connectivity index (χ1n) is 7.13. The summed E-state index contributed by atoms with van der Waals surface area (Å²) >= 11 is 0. The molecular weight excluding hydrogens is 272 g/mol. The fraction of sp³-hybridized carbons (Fsp3) is 0. The fourth-order valence-electron chi connectivity index (χ4n) is 2.71. The van der Waals surface area contributed by atoms with Gasteiger partial charge in [-0.2, -0.15) is 0 Å². The number of hydrogen-bond donors (Lipinski definition) is 1. The Balaban J connectivity index is 0.000000215. The van der Waals surface area contributed by atoms with Gasteiger partial charge < -0.3 is 9.40 Å². The zero-order valence-corrected chi connectivity index (χ0v) is 11.9. The minimum atomic E-state index is 1.21. The molecule has 0 aliphatic heterocycles. The predicted octanol–water partition coefficient (Wildman–Crippen LogP) is 5.15. The summed E-state index contributed by atoms with van der Waals surface area (Å²) in [7, 11) is 0. The normalized spacial score (nSPS) is 10.7. The molecule has 0 atom stereocenters. The second kappa shape index (κ2) is 5.37. The lowest BCUT2D eigenvalue weighted by atomic mass is 10.1. The standard InChI is InChI=1S/C16H11N.C3H3NO/c1-2-6-12-10-16-14(9-11(12)5-1)13-7-3-4-8-15(13)17-16;1-2-5-3-4-1/h1-10,17H;1-3H. The van der Waals surface area contributed by atoms with Crippen LogP contribution in [-0.4, -0.2) is 9.97 Å². The minimum Gasteiger partial charge on any atom is -0.452 e. The van der Waals surface area contributed by atoms with E-state index in [0.29, 0.717) is 0 Å². The second-order valence-corrected chi connectivity index (χ2v) is 5.09. The number of nitrogens with one attached hydrogen (secondary N) is 1. The van der Waals surface area contributed by atoms with Crippen LogP contribution < -0.4 is 0 Å². The molecule has 3 nitrogen and oxygen atoms in total. The lowest BCUT2D eigenvalue weighted by molar-refractivity contribution is 0.558. The van der Waals surface area contributed by atoms with Crippen molar-refractivity contribution in [3.8, 4) is 0 Å². The number of para-hydroxylation sites is 1. The molecule has 3 heteroatoms. The van der Waals surface area contributed by atoms with Crippen LogP contribution in [0.25, 0.3) is 32.6 Å². The van der Waals surface area contributed by atoms with E-state index >= 15 is 0 Å². The number of benzene rings is 3. The van der Waals surface area contributed by atoms with Gasteiger partial charge >= 0.3 is 0 Å². The SMILES string of the molecule is c1ccc2cc3c(cc2c1)[nH]c1ccccc13.c1cocn1. The first-order chi connectivity index (χ1) is 10.9. The molecule has 0 unspecified atom stereocenters. The minimum absolute atomic E-state index is 1.21. The van der Waals surface area contributed by atoms with Crippen molar-refractivity contribution in [3.05, 3.63) is 79.5 Å². The molecule has 3 aromatic carbocycles. The van der Waals surface area contributed by atoms with Crippen LogP contribution >= 0.6 is 0 Å². The van der Waals surface area contributed by atoms with Gasteiger partial charge in [0.2, 0.25) is 0 Å². The summed E-state index contributed by atoms with van der Waals surface area (Å²) in [6, 6.07) is 21.4. The van der Waals surface area contributed by atoms with Crippen LogP contribution in [0.5, 0.6) is 0 Å². The van der Waals surface area contributed by atoms with Crippen molar-refractivity contribution in [2.45, 2.75) is 0 Å². The molecule has 0 bridgehead atoms. The molecule has 2 aromatic heterocycles. The number of fused-ring (bicyclic) bond motifs is 4. The van der Waals surface area contributed by atoms with Crippen molar-refractivity contribution in [2.75, 3.05) is 0 Å². The Morgan fingerprint density at radius 1 is 0.773 bits per heavy atom. The number of aromatic amines is 1. The Morgan fingerprint density at radius 2 is 1.55 bits per heavy atom. The van der Waals surface area contributed by atoms with Crippen molar-refractivity contribution in [1.82, 2.24) is 9.97 Å². The van der Waals surface area contributed by atoms with E-state index < -0.39 is 0 Å². The zero-order valence-electron chi connectivity index (χ0n) is 11.9. The monoisotopic (exact) mass is 286 g/mol. The molecule has 2 heterocycles. The Bertz CT molecular complexity index is 1010. The number of H-pyrrole nitrogens is 1. The molecule has 0 saturated carbocycles. The Hall–Kier alpha value is -3.07. The molecule has 1 N–H and O–H groups in total. The smallest absolute Gasteiger partial charge is 0.180 e. The molecule has 106 valence electrons. The topological polar surface area (TPSA) is 41.8 Å². The van der Waals surface area contributed by atoms with Crippen LogP contribution in [0.1, 0.15) is 0 Å². The van der Waals surface area contributed by atoms with Crippen LogP contribution in [0.3, 0.4) is 0 Å². The number of oxazole rings is 1. The van der Waals surface area contributed by atoms with Gasteiger partial charge in [0.25, 0.3) is 0 Å². The lowest BCUT2D eigenvalue weighted by Gasteiger charge is -1.97. The van der Waals surface area contributed by atoms with Crippen molar-refractivity contribution in [2.24, 2.45) is 0 Å². The van der Waals surface area contributed by atoms with Crippen molar-refractivity contribution < 1.29 is 4.42 Å². The molecule has 0 aliphatic rings. The first kappa shape index (κ1) is 12.7. The average molecular weight is 286 g/mol. The number of hydrogen-bond acceptors (Lipinski definition) is 2. The third-order valence-electron chi connectivity index (χ3n) is 3.72.